The fraction of sp³-hybridized carbons (Fsp3) is 0.400. The number of carbonyl (C=O) groups excluding carboxylic acids is 1. The third kappa shape index (κ3) is 1.79. The molecule has 0 bridgehead atoms. The molecule has 0 spiro atoms. The van der Waals surface area contributed by atoms with Gasteiger partial charge >= 0.3 is 0 Å². The maximum atomic E-state index is 12.3. The molecule has 1 fully saturated rings. The first-order valence-electron chi connectivity index (χ1n) is 6.91. The molecule has 0 unspecified atom stereocenters. The minimum atomic E-state index is 0.237. The van der Waals surface area contributed by atoms with Crippen LogP contribution < -0.4 is 4.90 Å². The normalized spacial score (nSPS) is 17.6. The lowest BCUT2D eigenvalue weighted by Crippen LogP contribution is -2.30. The summed E-state index contributed by atoms with van der Waals surface area (Å²) in [6.07, 6.45) is 2.95. The number of amides is 1. The molecule has 0 saturated heterocycles. The number of carbonyl (C=O) groups is 1. The fourth-order valence-corrected chi connectivity index (χ4v) is 3.14. The van der Waals surface area contributed by atoms with Gasteiger partial charge in [0.1, 0.15) is 11.0 Å². The van der Waals surface area contributed by atoms with E-state index in [4.69, 9.17) is 11.6 Å². The Morgan fingerprint density at radius 3 is 2.90 bits per heavy atom. The average Bonchev–Trinajstić information content (AvgIpc) is 3.17. The lowest BCUT2D eigenvalue weighted by molar-refractivity contribution is -0.119. The summed E-state index contributed by atoms with van der Waals surface area (Å²) < 4.78 is 0. The summed E-state index contributed by atoms with van der Waals surface area (Å²) in [5, 5.41) is 1.28. The molecule has 20 heavy (non-hydrogen) atoms. The molecule has 1 aromatic carbocycles. The summed E-state index contributed by atoms with van der Waals surface area (Å²) in [5.41, 5.74) is 3.03. The second-order valence-corrected chi connectivity index (χ2v) is 5.93. The molecule has 1 amide bonds. The standard InChI is InChI=1S/C15H14ClN3O/c1-8-17-12-6-10-4-5-19(15(20)9-2-3-9)13(10)7-11(12)14(16)18-8/h6-7,9H,2-5H2,1H3. The maximum Gasteiger partial charge on any atom is 0.230 e. The number of fused-ring (bicyclic) bond motifs is 2. The maximum absolute atomic E-state index is 12.3. The van der Waals surface area contributed by atoms with Gasteiger partial charge in [-0.25, -0.2) is 9.97 Å². The van der Waals surface area contributed by atoms with Gasteiger partial charge in [0, 0.05) is 23.5 Å². The molecule has 2 aromatic rings. The molecule has 4 nitrogen and oxygen atoms in total. The van der Waals surface area contributed by atoms with E-state index in [1.165, 1.54) is 5.56 Å². The highest BCUT2D eigenvalue weighted by Gasteiger charge is 2.36. The molecule has 2 heterocycles. The van der Waals surface area contributed by atoms with Crippen LogP contribution in [0.25, 0.3) is 10.9 Å². The summed E-state index contributed by atoms with van der Waals surface area (Å²) >= 11 is 6.21. The molecule has 2 aliphatic rings. The first-order valence-corrected chi connectivity index (χ1v) is 7.29. The van der Waals surface area contributed by atoms with Gasteiger partial charge in [-0.05, 0) is 43.9 Å². The minimum Gasteiger partial charge on any atom is -0.312 e. The number of aryl methyl sites for hydroxylation is 1. The quantitative estimate of drug-likeness (QED) is 0.758. The highest BCUT2D eigenvalue weighted by Crippen LogP contribution is 2.38. The molecular formula is C15H14ClN3O. The van der Waals surface area contributed by atoms with Crippen molar-refractivity contribution >= 4 is 34.1 Å². The van der Waals surface area contributed by atoms with Crippen LogP contribution in [0.4, 0.5) is 5.69 Å². The van der Waals surface area contributed by atoms with Gasteiger partial charge in [-0.2, -0.15) is 0 Å². The molecular weight excluding hydrogens is 274 g/mol. The molecule has 1 saturated carbocycles. The van der Waals surface area contributed by atoms with E-state index in [2.05, 4.69) is 9.97 Å². The summed E-state index contributed by atoms with van der Waals surface area (Å²) in [7, 11) is 0. The van der Waals surface area contributed by atoms with E-state index in [9.17, 15) is 4.79 Å². The minimum absolute atomic E-state index is 0.237. The molecule has 1 aromatic heterocycles. The van der Waals surface area contributed by atoms with Crippen LogP contribution in [0.3, 0.4) is 0 Å². The lowest BCUT2D eigenvalue weighted by Gasteiger charge is -2.17. The van der Waals surface area contributed by atoms with Crippen molar-refractivity contribution in [2.45, 2.75) is 26.2 Å². The number of hydrogen-bond acceptors (Lipinski definition) is 3. The Hall–Kier alpha value is -1.68. The van der Waals surface area contributed by atoms with Crippen LogP contribution in [0.5, 0.6) is 0 Å². The zero-order chi connectivity index (χ0) is 13.9. The Kier molecular flexibility index (Phi) is 2.51. The smallest absolute Gasteiger partial charge is 0.230 e. The topological polar surface area (TPSA) is 46.1 Å². The van der Waals surface area contributed by atoms with Gasteiger partial charge in [0.15, 0.2) is 0 Å². The highest BCUT2D eigenvalue weighted by atomic mass is 35.5. The molecule has 102 valence electrons. The molecule has 1 aliphatic heterocycles. The summed E-state index contributed by atoms with van der Waals surface area (Å²) in [6.45, 7) is 2.60. The average molecular weight is 288 g/mol. The van der Waals surface area contributed by atoms with Gasteiger partial charge in [0.25, 0.3) is 0 Å². The summed E-state index contributed by atoms with van der Waals surface area (Å²) in [5.74, 6) is 1.17. The van der Waals surface area contributed by atoms with E-state index in [-0.39, 0.29) is 11.8 Å². The van der Waals surface area contributed by atoms with E-state index < -0.39 is 0 Å². The van der Waals surface area contributed by atoms with Crippen LogP contribution in [0.2, 0.25) is 5.15 Å². The van der Waals surface area contributed by atoms with E-state index in [0.29, 0.717) is 11.0 Å². The molecule has 0 N–H and O–H groups in total. The van der Waals surface area contributed by atoms with Crippen molar-refractivity contribution < 1.29 is 4.79 Å². The molecule has 1 aliphatic carbocycles. The van der Waals surface area contributed by atoms with Crippen molar-refractivity contribution in [2.24, 2.45) is 5.92 Å². The molecule has 5 heteroatoms. The van der Waals surface area contributed by atoms with Crippen molar-refractivity contribution in [3.63, 3.8) is 0 Å². The Balaban J connectivity index is 1.86. The zero-order valence-electron chi connectivity index (χ0n) is 11.2. The van der Waals surface area contributed by atoms with Crippen LogP contribution in [-0.2, 0) is 11.2 Å². The van der Waals surface area contributed by atoms with Gasteiger partial charge in [0.2, 0.25) is 5.91 Å². The Morgan fingerprint density at radius 2 is 2.15 bits per heavy atom. The van der Waals surface area contributed by atoms with Crippen molar-refractivity contribution in [2.75, 3.05) is 11.4 Å². The predicted octanol–water partition coefficient (Wildman–Crippen LogP) is 2.89. The van der Waals surface area contributed by atoms with E-state index in [0.717, 1.165) is 42.4 Å². The van der Waals surface area contributed by atoms with Gasteiger partial charge < -0.3 is 4.90 Å². The van der Waals surface area contributed by atoms with Crippen molar-refractivity contribution in [1.29, 1.82) is 0 Å². The Labute approximate surface area is 121 Å². The monoisotopic (exact) mass is 287 g/mol. The number of halogens is 1. The van der Waals surface area contributed by atoms with Crippen LogP contribution in [-0.4, -0.2) is 22.4 Å². The number of nitrogens with zero attached hydrogens (tertiary/aromatic N) is 3. The SMILES string of the molecule is Cc1nc(Cl)c2cc3c(cc2n1)CCN3C(=O)C1CC1. The van der Waals surface area contributed by atoms with Gasteiger partial charge in [-0.1, -0.05) is 11.6 Å². The second-order valence-electron chi connectivity index (χ2n) is 5.57. The lowest BCUT2D eigenvalue weighted by atomic mass is 10.1. The van der Waals surface area contributed by atoms with Crippen LogP contribution >= 0.6 is 11.6 Å². The summed E-state index contributed by atoms with van der Waals surface area (Å²) in [4.78, 5) is 22.8. The van der Waals surface area contributed by atoms with E-state index in [1.807, 2.05) is 24.0 Å². The third-order valence-corrected chi connectivity index (χ3v) is 4.34. The molecule has 4 rings (SSSR count). The second kappa shape index (κ2) is 4.16. The number of anilines is 1. The first-order chi connectivity index (χ1) is 9.63. The van der Waals surface area contributed by atoms with Gasteiger partial charge in [-0.15, -0.1) is 0 Å². The number of rotatable bonds is 1. The van der Waals surface area contributed by atoms with Crippen LogP contribution in [0.15, 0.2) is 12.1 Å². The Morgan fingerprint density at radius 1 is 1.35 bits per heavy atom. The molecule has 0 radical (unpaired) electrons. The van der Waals surface area contributed by atoms with Crippen LogP contribution in [0, 0.1) is 12.8 Å². The number of hydrogen-bond donors (Lipinski definition) is 0. The van der Waals surface area contributed by atoms with Crippen molar-refractivity contribution in [3.8, 4) is 0 Å². The largest absolute Gasteiger partial charge is 0.312 e. The Bertz CT molecular complexity index is 739. The third-order valence-electron chi connectivity index (χ3n) is 4.05. The predicted molar refractivity (Wildman–Crippen MR) is 78.1 cm³/mol. The van der Waals surface area contributed by atoms with E-state index in [1.54, 1.807) is 0 Å². The first kappa shape index (κ1) is 12.1. The number of benzene rings is 1. The van der Waals surface area contributed by atoms with Gasteiger partial charge in [0.05, 0.1) is 5.52 Å². The van der Waals surface area contributed by atoms with E-state index >= 15 is 0 Å². The highest BCUT2D eigenvalue weighted by molar-refractivity contribution is 6.34. The van der Waals surface area contributed by atoms with Crippen molar-refractivity contribution in [1.82, 2.24) is 9.97 Å². The van der Waals surface area contributed by atoms with Crippen LogP contribution in [0.1, 0.15) is 24.2 Å². The van der Waals surface area contributed by atoms with Crippen molar-refractivity contribution in [3.05, 3.63) is 28.7 Å². The summed E-state index contributed by atoms with van der Waals surface area (Å²) in [6, 6.07) is 4.02. The molecule has 0 atom stereocenters. The van der Waals surface area contributed by atoms with Gasteiger partial charge in [-0.3, -0.25) is 4.79 Å². The number of aromatic nitrogens is 2. The fourth-order valence-electron chi connectivity index (χ4n) is 2.86. The zero-order valence-corrected chi connectivity index (χ0v) is 11.9.